The quantitative estimate of drug-likeness (QED) is 0.394. The number of nitrogens with zero attached hydrogens (tertiary/aromatic N) is 2. The fraction of sp³-hybridized carbons (Fsp3) is 0.650. The predicted molar refractivity (Wildman–Crippen MR) is 113 cm³/mol. The van der Waals surface area contributed by atoms with E-state index in [0.29, 0.717) is 11.5 Å². The molecular weight excluding hydrogens is 380 g/mol. The molecule has 27 heavy (non-hydrogen) atoms. The van der Waals surface area contributed by atoms with Gasteiger partial charge in [0.15, 0.2) is 0 Å². The summed E-state index contributed by atoms with van der Waals surface area (Å²) >= 11 is 3.07. The van der Waals surface area contributed by atoms with Crippen molar-refractivity contribution in [3.8, 4) is 0 Å². The number of hydrogen-bond acceptors (Lipinski definition) is 7. The van der Waals surface area contributed by atoms with Crippen molar-refractivity contribution >= 4 is 28.6 Å². The zero-order valence-electron chi connectivity index (χ0n) is 16.7. The molecule has 5 nitrogen and oxygen atoms in total. The maximum atomic E-state index is 11.3. The van der Waals surface area contributed by atoms with E-state index in [9.17, 15) is 4.79 Å². The molecule has 0 fully saturated rings. The number of esters is 1. The highest BCUT2D eigenvalue weighted by atomic mass is 32.1. The van der Waals surface area contributed by atoms with Gasteiger partial charge in [0.25, 0.3) is 0 Å². The van der Waals surface area contributed by atoms with Gasteiger partial charge in [0.2, 0.25) is 0 Å². The van der Waals surface area contributed by atoms with Crippen LogP contribution in [0.3, 0.4) is 0 Å². The number of carbonyl (C=O) groups excluding carboxylic acids is 1. The number of aromatic nitrogens is 2. The van der Waals surface area contributed by atoms with Crippen molar-refractivity contribution in [3.63, 3.8) is 0 Å². The third-order valence-electron chi connectivity index (χ3n) is 3.78. The summed E-state index contributed by atoms with van der Waals surface area (Å²) < 4.78 is 4.90. The average Bonchev–Trinajstić information content (AvgIpc) is 3.32. The van der Waals surface area contributed by atoms with Crippen LogP contribution in [0.2, 0.25) is 0 Å². The number of carbonyl (C=O) groups is 1. The minimum absolute atomic E-state index is 0.130. The van der Waals surface area contributed by atoms with E-state index in [2.05, 4.69) is 23.8 Å². The minimum atomic E-state index is -0.253. The molecule has 2 heterocycles. The third kappa shape index (κ3) is 9.98. The molecule has 2 aromatic heterocycles. The zero-order valence-corrected chi connectivity index (χ0v) is 18.3. The van der Waals surface area contributed by atoms with Gasteiger partial charge in [-0.1, -0.05) is 39.5 Å². The van der Waals surface area contributed by atoms with Gasteiger partial charge in [0.05, 0.1) is 34.3 Å². The maximum absolute atomic E-state index is 11.3. The number of aliphatic hydroxyl groups is 1. The Bertz CT molecular complexity index is 641. The van der Waals surface area contributed by atoms with Crippen molar-refractivity contribution in [1.29, 1.82) is 0 Å². The van der Waals surface area contributed by atoms with Crippen LogP contribution in [0.4, 0.5) is 0 Å². The van der Waals surface area contributed by atoms with Crippen LogP contribution >= 0.6 is 22.7 Å². The van der Waals surface area contributed by atoms with E-state index in [1.165, 1.54) is 43.4 Å². The van der Waals surface area contributed by atoms with Crippen LogP contribution in [0.5, 0.6) is 0 Å². The Morgan fingerprint density at radius 3 is 2.07 bits per heavy atom. The molecule has 0 unspecified atom stereocenters. The summed E-state index contributed by atoms with van der Waals surface area (Å²) in [6, 6.07) is 0. The first kappa shape index (κ1) is 23.7. The maximum Gasteiger partial charge on any atom is 0.349 e. The number of ether oxygens (including phenoxy) is 1. The second kappa shape index (κ2) is 14.7. The lowest BCUT2D eigenvalue weighted by Crippen LogP contribution is -2.01. The molecule has 7 heteroatoms. The zero-order chi connectivity index (χ0) is 19.9. The highest BCUT2D eigenvalue weighted by Crippen LogP contribution is 2.17. The van der Waals surface area contributed by atoms with E-state index in [1.807, 2.05) is 0 Å². The predicted octanol–water partition coefficient (Wildman–Crippen LogP) is 5.42. The monoisotopic (exact) mass is 412 g/mol. The Balaban J connectivity index is 0.000000277. The number of thiazole rings is 2. The summed E-state index contributed by atoms with van der Waals surface area (Å²) in [7, 11) is 0. The molecule has 0 saturated heterocycles. The van der Waals surface area contributed by atoms with Crippen molar-refractivity contribution < 1.29 is 14.6 Å². The first-order valence-electron chi connectivity index (χ1n) is 9.80. The van der Waals surface area contributed by atoms with Crippen molar-refractivity contribution in [2.75, 3.05) is 6.61 Å². The van der Waals surface area contributed by atoms with Crippen LogP contribution in [0, 0.1) is 0 Å². The van der Waals surface area contributed by atoms with Crippen LogP contribution in [0.15, 0.2) is 12.4 Å². The summed E-state index contributed by atoms with van der Waals surface area (Å²) in [5.41, 5.74) is 0. The molecule has 0 saturated carbocycles. The van der Waals surface area contributed by atoms with E-state index >= 15 is 0 Å². The molecule has 2 rings (SSSR count). The number of rotatable bonds is 11. The minimum Gasteiger partial charge on any atom is -0.462 e. The van der Waals surface area contributed by atoms with Gasteiger partial charge < -0.3 is 9.84 Å². The number of unbranched alkanes of at least 4 members (excludes halogenated alkanes) is 4. The molecule has 0 spiro atoms. The molecule has 0 amide bonds. The van der Waals surface area contributed by atoms with Gasteiger partial charge in [-0.15, -0.1) is 22.7 Å². The third-order valence-corrected chi connectivity index (χ3v) is 5.85. The van der Waals surface area contributed by atoms with Crippen LogP contribution in [-0.2, 0) is 24.2 Å². The highest BCUT2D eigenvalue weighted by molar-refractivity contribution is 7.13. The first-order valence-corrected chi connectivity index (χ1v) is 11.4. The van der Waals surface area contributed by atoms with Crippen LogP contribution in [-0.4, -0.2) is 27.7 Å². The lowest BCUT2D eigenvalue weighted by Gasteiger charge is -1.96. The Hall–Kier alpha value is -1.31. The van der Waals surface area contributed by atoms with E-state index in [4.69, 9.17) is 9.84 Å². The standard InChI is InChI=1S/C11H17NO2S.C9H15NOS/c1-3-5-6-7-10-12-8-9(15-10)11(13)14-4-2;1-2-3-4-5-9-10-6-8(7-11)12-9/h8H,3-7H2,1-2H3;6,11H,2-5,7H2,1H3. The van der Waals surface area contributed by atoms with Gasteiger partial charge >= 0.3 is 5.97 Å². The van der Waals surface area contributed by atoms with Gasteiger partial charge in [-0.05, 0) is 32.6 Å². The molecule has 0 aliphatic carbocycles. The molecule has 2 aromatic rings. The number of aryl methyl sites for hydroxylation is 2. The van der Waals surface area contributed by atoms with Gasteiger partial charge in [-0.3, -0.25) is 0 Å². The van der Waals surface area contributed by atoms with E-state index in [0.717, 1.165) is 34.2 Å². The van der Waals surface area contributed by atoms with Crippen LogP contribution < -0.4 is 0 Å². The van der Waals surface area contributed by atoms with Crippen molar-refractivity contribution in [3.05, 3.63) is 32.2 Å². The lowest BCUT2D eigenvalue weighted by molar-refractivity contribution is 0.0532. The molecular formula is C20H32N2O3S2. The molecule has 152 valence electrons. The highest BCUT2D eigenvalue weighted by Gasteiger charge is 2.10. The Morgan fingerprint density at radius 1 is 0.963 bits per heavy atom. The lowest BCUT2D eigenvalue weighted by atomic mass is 10.2. The number of aliphatic hydroxyl groups excluding tert-OH is 1. The first-order chi connectivity index (χ1) is 13.1. The second-order valence-electron chi connectivity index (χ2n) is 6.13. The molecule has 0 aromatic carbocycles. The SMILES string of the molecule is CCCCCc1ncc(C(=O)OCC)s1.CCCCCc1ncc(CO)s1. The summed E-state index contributed by atoms with van der Waals surface area (Å²) in [5, 5.41) is 11.0. The number of hydrogen-bond donors (Lipinski definition) is 1. The van der Waals surface area contributed by atoms with Crippen molar-refractivity contribution in [2.24, 2.45) is 0 Å². The van der Waals surface area contributed by atoms with Crippen LogP contribution in [0.1, 0.15) is 83.9 Å². The van der Waals surface area contributed by atoms with Gasteiger partial charge in [-0.2, -0.15) is 0 Å². The van der Waals surface area contributed by atoms with Gasteiger partial charge in [-0.25, -0.2) is 14.8 Å². The largest absolute Gasteiger partial charge is 0.462 e. The normalized spacial score (nSPS) is 10.4. The van der Waals surface area contributed by atoms with E-state index < -0.39 is 0 Å². The van der Waals surface area contributed by atoms with E-state index in [-0.39, 0.29) is 12.6 Å². The fourth-order valence-electron chi connectivity index (χ4n) is 2.31. The van der Waals surface area contributed by atoms with Crippen LogP contribution in [0.25, 0.3) is 0 Å². The second-order valence-corrected chi connectivity index (χ2v) is 8.45. The smallest absolute Gasteiger partial charge is 0.349 e. The average molecular weight is 413 g/mol. The Morgan fingerprint density at radius 2 is 1.56 bits per heavy atom. The van der Waals surface area contributed by atoms with Gasteiger partial charge in [0, 0.05) is 6.20 Å². The topological polar surface area (TPSA) is 72.3 Å². The Kier molecular flexibility index (Phi) is 12.9. The summed E-state index contributed by atoms with van der Waals surface area (Å²) in [6.45, 7) is 6.72. The molecule has 0 atom stereocenters. The Labute approximate surface area is 170 Å². The molecule has 0 radical (unpaired) electrons. The summed E-state index contributed by atoms with van der Waals surface area (Å²) in [5.74, 6) is -0.253. The molecule has 0 aliphatic heterocycles. The summed E-state index contributed by atoms with van der Waals surface area (Å²) in [4.78, 5) is 21.4. The molecule has 1 N–H and O–H groups in total. The van der Waals surface area contributed by atoms with Gasteiger partial charge in [0.1, 0.15) is 4.88 Å². The fourth-order valence-corrected chi connectivity index (χ4v) is 3.99. The van der Waals surface area contributed by atoms with Crippen molar-refractivity contribution in [1.82, 2.24) is 9.97 Å². The van der Waals surface area contributed by atoms with E-state index in [1.54, 1.807) is 30.7 Å². The van der Waals surface area contributed by atoms with Crippen molar-refractivity contribution in [2.45, 2.75) is 78.7 Å². The molecule has 0 aliphatic rings. The molecule has 0 bridgehead atoms. The summed E-state index contributed by atoms with van der Waals surface area (Å²) in [6.07, 6.45) is 12.7.